The Morgan fingerprint density at radius 1 is 1.32 bits per heavy atom. The van der Waals surface area contributed by atoms with Crippen molar-refractivity contribution in [1.29, 1.82) is 0 Å². The van der Waals surface area contributed by atoms with Crippen LogP contribution in [0.5, 0.6) is 0 Å². The lowest BCUT2D eigenvalue weighted by Crippen LogP contribution is -2.11. The summed E-state index contributed by atoms with van der Waals surface area (Å²) in [5.41, 5.74) is -0.831. The highest BCUT2D eigenvalue weighted by Gasteiger charge is 2.27. The van der Waals surface area contributed by atoms with Crippen molar-refractivity contribution in [1.82, 2.24) is 15.0 Å². The van der Waals surface area contributed by atoms with Crippen molar-refractivity contribution in [2.75, 3.05) is 6.61 Å². The number of hydrogen-bond acceptors (Lipinski definition) is 4. The van der Waals surface area contributed by atoms with Crippen LogP contribution in [-0.2, 0) is 11.3 Å². The van der Waals surface area contributed by atoms with Crippen LogP contribution in [0.1, 0.15) is 62.1 Å². The summed E-state index contributed by atoms with van der Waals surface area (Å²) in [6, 6.07) is 0. The second-order valence-corrected chi connectivity index (χ2v) is 4.13. The molecule has 108 valence electrons. The highest BCUT2D eigenvalue weighted by atomic mass is 19.3. The zero-order valence-electron chi connectivity index (χ0n) is 11.2. The van der Waals surface area contributed by atoms with Crippen molar-refractivity contribution >= 4 is 5.97 Å². The monoisotopic (exact) mass is 275 g/mol. The maximum Gasteiger partial charge on any atom is 0.361 e. The standard InChI is InChI=1S/C12H19F2N3O2/c1-3-5-6-7-8-17-10(11(13)14)9(15-16-17)12(18)19-4-2/h11H,3-8H2,1-2H3. The largest absolute Gasteiger partial charge is 0.461 e. The van der Waals surface area contributed by atoms with E-state index in [0.29, 0.717) is 6.54 Å². The number of carbonyl (C=O) groups excluding carboxylic acids is 1. The molecule has 0 radical (unpaired) electrons. The van der Waals surface area contributed by atoms with E-state index in [1.165, 1.54) is 0 Å². The van der Waals surface area contributed by atoms with Crippen LogP contribution >= 0.6 is 0 Å². The zero-order chi connectivity index (χ0) is 14.3. The highest BCUT2D eigenvalue weighted by Crippen LogP contribution is 2.22. The summed E-state index contributed by atoms with van der Waals surface area (Å²) < 4.78 is 31.8. The predicted molar refractivity (Wildman–Crippen MR) is 65.1 cm³/mol. The van der Waals surface area contributed by atoms with Crippen LogP contribution < -0.4 is 0 Å². The van der Waals surface area contributed by atoms with E-state index >= 15 is 0 Å². The molecule has 0 aromatic carbocycles. The van der Waals surface area contributed by atoms with E-state index in [2.05, 4.69) is 22.0 Å². The first kappa shape index (κ1) is 15.5. The van der Waals surface area contributed by atoms with Crippen LogP contribution in [0.4, 0.5) is 8.78 Å². The third kappa shape index (κ3) is 4.25. The SMILES string of the molecule is CCCCCCn1nnc(C(=O)OCC)c1C(F)F. The summed E-state index contributed by atoms with van der Waals surface area (Å²) >= 11 is 0. The molecule has 0 aliphatic carbocycles. The van der Waals surface area contributed by atoms with E-state index in [0.717, 1.165) is 30.4 Å². The fourth-order valence-electron chi connectivity index (χ4n) is 1.73. The van der Waals surface area contributed by atoms with Gasteiger partial charge in [0, 0.05) is 6.54 Å². The number of carbonyl (C=O) groups is 1. The van der Waals surface area contributed by atoms with Crippen molar-refractivity contribution in [2.45, 2.75) is 52.5 Å². The van der Waals surface area contributed by atoms with Crippen molar-refractivity contribution in [3.63, 3.8) is 0 Å². The number of rotatable bonds is 8. The lowest BCUT2D eigenvalue weighted by molar-refractivity contribution is 0.0506. The van der Waals surface area contributed by atoms with Gasteiger partial charge in [-0.3, -0.25) is 0 Å². The fraction of sp³-hybridized carbons (Fsp3) is 0.750. The summed E-state index contributed by atoms with van der Waals surface area (Å²) in [4.78, 5) is 11.5. The molecule has 19 heavy (non-hydrogen) atoms. The molecule has 0 atom stereocenters. The molecule has 0 saturated heterocycles. The van der Waals surface area contributed by atoms with Gasteiger partial charge in [0.25, 0.3) is 6.43 Å². The first-order chi connectivity index (χ1) is 9.11. The topological polar surface area (TPSA) is 57.0 Å². The summed E-state index contributed by atoms with van der Waals surface area (Å²) in [6.45, 7) is 4.13. The van der Waals surface area contributed by atoms with E-state index in [9.17, 15) is 13.6 Å². The predicted octanol–water partition coefficient (Wildman–Crippen LogP) is 2.97. The van der Waals surface area contributed by atoms with Gasteiger partial charge in [0.05, 0.1) is 6.61 Å². The molecular formula is C12H19F2N3O2. The van der Waals surface area contributed by atoms with Crippen LogP contribution in [0.3, 0.4) is 0 Å². The van der Waals surface area contributed by atoms with Gasteiger partial charge in [0.1, 0.15) is 5.69 Å². The maximum atomic E-state index is 13.0. The molecule has 0 unspecified atom stereocenters. The van der Waals surface area contributed by atoms with Crippen molar-refractivity contribution < 1.29 is 18.3 Å². The van der Waals surface area contributed by atoms with E-state index in [4.69, 9.17) is 0 Å². The Morgan fingerprint density at radius 2 is 2.05 bits per heavy atom. The number of ether oxygens (including phenoxy) is 1. The molecule has 7 heteroatoms. The summed E-state index contributed by atoms with van der Waals surface area (Å²) in [5.74, 6) is -0.849. The van der Waals surface area contributed by atoms with Crippen LogP contribution in [-0.4, -0.2) is 27.6 Å². The third-order valence-corrected chi connectivity index (χ3v) is 2.67. The number of aromatic nitrogens is 3. The second-order valence-electron chi connectivity index (χ2n) is 4.13. The minimum Gasteiger partial charge on any atom is -0.461 e. The quantitative estimate of drug-likeness (QED) is 0.540. The normalized spacial score (nSPS) is 11.0. The summed E-state index contributed by atoms with van der Waals surface area (Å²) in [6.07, 6.45) is 0.990. The molecule has 0 N–H and O–H groups in total. The molecule has 0 aliphatic heterocycles. The molecule has 1 aromatic heterocycles. The molecular weight excluding hydrogens is 256 g/mol. The van der Waals surface area contributed by atoms with Crippen LogP contribution in [0, 0.1) is 0 Å². The van der Waals surface area contributed by atoms with Gasteiger partial charge >= 0.3 is 5.97 Å². The van der Waals surface area contributed by atoms with Crippen LogP contribution in [0.2, 0.25) is 0 Å². The number of unbranched alkanes of at least 4 members (excludes halogenated alkanes) is 3. The fourth-order valence-corrected chi connectivity index (χ4v) is 1.73. The molecule has 0 bridgehead atoms. The van der Waals surface area contributed by atoms with Crippen molar-refractivity contribution in [3.8, 4) is 0 Å². The molecule has 5 nitrogen and oxygen atoms in total. The maximum absolute atomic E-state index is 13.0. The molecule has 1 rings (SSSR count). The van der Waals surface area contributed by atoms with Crippen LogP contribution in [0.25, 0.3) is 0 Å². The Kier molecular flexibility index (Phi) is 6.38. The number of nitrogens with zero attached hydrogens (tertiary/aromatic N) is 3. The lowest BCUT2D eigenvalue weighted by Gasteiger charge is -2.06. The number of aryl methyl sites for hydroxylation is 1. The summed E-state index contributed by atoms with van der Waals surface area (Å²) in [5, 5.41) is 7.14. The molecule has 1 aromatic rings. The summed E-state index contributed by atoms with van der Waals surface area (Å²) in [7, 11) is 0. The average molecular weight is 275 g/mol. The van der Waals surface area contributed by atoms with Gasteiger partial charge < -0.3 is 4.74 Å². The Labute approximate surface area is 110 Å². The first-order valence-corrected chi connectivity index (χ1v) is 6.50. The van der Waals surface area contributed by atoms with E-state index < -0.39 is 18.1 Å². The van der Waals surface area contributed by atoms with Gasteiger partial charge in [-0.2, -0.15) is 0 Å². The van der Waals surface area contributed by atoms with Crippen LogP contribution in [0.15, 0.2) is 0 Å². The van der Waals surface area contributed by atoms with Crippen molar-refractivity contribution in [2.24, 2.45) is 0 Å². The molecule has 0 aliphatic rings. The average Bonchev–Trinajstić information content (AvgIpc) is 2.79. The molecule has 0 saturated carbocycles. The van der Waals surface area contributed by atoms with Gasteiger partial charge in [-0.25, -0.2) is 18.3 Å². The lowest BCUT2D eigenvalue weighted by atomic mass is 10.2. The van der Waals surface area contributed by atoms with E-state index in [1.54, 1.807) is 6.92 Å². The minimum atomic E-state index is -2.79. The van der Waals surface area contributed by atoms with Gasteiger partial charge in [-0.15, -0.1) is 5.10 Å². The third-order valence-electron chi connectivity index (χ3n) is 2.67. The number of esters is 1. The van der Waals surface area contributed by atoms with E-state index in [1.807, 2.05) is 0 Å². The molecule has 0 spiro atoms. The van der Waals surface area contributed by atoms with Gasteiger partial charge in [-0.1, -0.05) is 31.4 Å². The minimum absolute atomic E-state index is 0.116. The number of halogens is 2. The Bertz CT molecular complexity index is 408. The Morgan fingerprint density at radius 3 is 2.63 bits per heavy atom. The van der Waals surface area contributed by atoms with Crippen molar-refractivity contribution in [3.05, 3.63) is 11.4 Å². The second kappa shape index (κ2) is 7.81. The number of alkyl halides is 2. The van der Waals surface area contributed by atoms with E-state index in [-0.39, 0.29) is 12.3 Å². The van der Waals surface area contributed by atoms with Gasteiger partial charge in [-0.05, 0) is 13.3 Å². The first-order valence-electron chi connectivity index (χ1n) is 6.50. The molecule has 1 heterocycles. The highest BCUT2D eigenvalue weighted by molar-refractivity contribution is 5.88. The molecule has 0 amide bonds. The Hall–Kier alpha value is -1.53. The molecule has 0 fully saturated rings. The smallest absolute Gasteiger partial charge is 0.361 e. The zero-order valence-corrected chi connectivity index (χ0v) is 11.2. The number of hydrogen-bond donors (Lipinski definition) is 0. The Balaban J connectivity index is 2.78. The van der Waals surface area contributed by atoms with Gasteiger partial charge in [0.15, 0.2) is 5.69 Å². The van der Waals surface area contributed by atoms with Gasteiger partial charge in [0.2, 0.25) is 0 Å².